The van der Waals surface area contributed by atoms with Crippen molar-refractivity contribution in [3.63, 3.8) is 0 Å². The largest absolute Gasteiger partial charge is 0.287 e. The van der Waals surface area contributed by atoms with Gasteiger partial charge in [-0.1, -0.05) is 13.8 Å². The number of rotatable bonds is 2. The van der Waals surface area contributed by atoms with Crippen LogP contribution in [0.5, 0.6) is 0 Å². The predicted octanol–water partition coefficient (Wildman–Crippen LogP) is 1.49. The summed E-state index contributed by atoms with van der Waals surface area (Å²) >= 11 is 3.63. The van der Waals surface area contributed by atoms with Crippen molar-refractivity contribution in [1.82, 2.24) is 0 Å². The molecule has 0 fully saturated rings. The van der Waals surface area contributed by atoms with Crippen LogP contribution in [0.1, 0.15) is 20.3 Å². The molecule has 2 heteroatoms. The monoisotopic (exact) mass is 118 g/mol. The fourth-order valence-electron chi connectivity index (χ4n) is 0.175. The van der Waals surface area contributed by atoms with Crippen molar-refractivity contribution >= 4 is 17.7 Å². The van der Waals surface area contributed by atoms with E-state index in [0.717, 1.165) is 6.42 Å². The van der Waals surface area contributed by atoms with Crippen molar-refractivity contribution in [2.75, 3.05) is 0 Å². The van der Waals surface area contributed by atoms with Crippen molar-refractivity contribution in [3.8, 4) is 0 Å². The van der Waals surface area contributed by atoms with E-state index in [1.54, 1.807) is 0 Å². The van der Waals surface area contributed by atoms with Crippen molar-refractivity contribution in [1.29, 1.82) is 0 Å². The van der Waals surface area contributed by atoms with Crippen LogP contribution in [-0.4, -0.2) is 5.12 Å². The highest BCUT2D eigenvalue weighted by molar-refractivity contribution is 7.96. The number of hydrogen-bond acceptors (Lipinski definition) is 1. The summed E-state index contributed by atoms with van der Waals surface area (Å²) < 4.78 is 0. The van der Waals surface area contributed by atoms with Crippen LogP contribution in [0.2, 0.25) is 0 Å². The Labute approximate surface area is 49.5 Å². The summed E-state index contributed by atoms with van der Waals surface area (Å²) in [6.07, 6.45) is 0.891. The van der Waals surface area contributed by atoms with E-state index in [1.807, 2.05) is 13.8 Å². The number of carbonyl (C=O) groups is 1. The van der Waals surface area contributed by atoms with Gasteiger partial charge in [0, 0.05) is 5.92 Å². The van der Waals surface area contributed by atoms with Crippen molar-refractivity contribution in [2.24, 2.45) is 5.92 Å². The number of hydrogen-bond donors (Lipinski definition) is 1. The second-order valence-corrected chi connectivity index (χ2v) is 2.09. The van der Waals surface area contributed by atoms with Gasteiger partial charge in [-0.3, -0.25) is 4.79 Å². The Kier molecular flexibility index (Phi) is 3.09. The van der Waals surface area contributed by atoms with Crippen LogP contribution >= 0.6 is 12.6 Å². The van der Waals surface area contributed by atoms with Crippen molar-refractivity contribution < 1.29 is 4.79 Å². The third-order valence-electron chi connectivity index (χ3n) is 1.03. The fraction of sp³-hybridized carbons (Fsp3) is 0.800. The minimum atomic E-state index is -0.0116. The molecule has 0 heterocycles. The van der Waals surface area contributed by atoms with Gasteiger partial charge in [-0.25, -0.2) is 0 Å². The zero-order valence-corrected chi connectivity index (χ0v) is 5.53. The van der Waals surface area contributed by atoms with Gasteiger partial charge in [0.1, 0.15) is 0 Å². The lowest BCUT2D eigenvalue weighted by Gasteiger charge is -1.97. The Morgan fingerprint density at radius 3 is 2.29 bits per heavy atom. The van der Waals surface area contributed by atoms with Gasteiger partial charge in [-0.2, -0.15) is 0 Å². The first-order valence-electron chi connectivity index (χ1n) is 2.41. The van der Waals surface area contributed by atoms with Crippen LogP contribution in [0, 0.1) is 5.92 Å². The maximum atomic E-state index is 10.2. The first-order chi connectivity index (χ1) is 3.18. The second-order valence-electron chi connectivity index (χ2n) is 1.65. The van der Waals surface area contributed by atoms with Crippen LogP contribution < -0.4 is 0 Å². The molecule has 0 unspecified atom stereocenters. The molecule has 1 atom stereocenters. The minimum absolute atomic E-state index is 0.0116. The predicted molar refractivity (Wildman–Crippen MR) is 33.4 cm³/mol. The van der Waals surface area contributed by atoms with E-state index in [-0.39, 0.29) is 11.0 Å². The van der Waals surface area contributed by atoms with Gasteiger partial charge in [0.25, 0.3) is 0 Å². The highest BCUT2D eigenvalue weighted by Gasteiger charge is 2.02. The molecular weight excluding hydrogens is 108 g/mol. The van der Waals surface area contributed by atoms with Crippen LogP contribution in [-0.2, 0) is 4.79 Å². The molecule has 0 aromatic carbocycles. The molecule has 0 aliphatic heterocycles. The number of thiol groups is 1. The maximum absolute atomic E-state index is 10.2. The second kappa shape index (κ2) is 3.08. The highest BCUT2D eigenvalue weighted by Crippen LogP contribution is 2.02. The maximum Gasteiger partial charge on any atom is 0.188 e. The summed E-state index contributed by atoms with van der Waals surface area (Å²) in [4.78, 5) is 10.2. The van der Waals surface area contributed by atoms with Crippen LogP contribution in [0.3, 0.4) is 0 Å². The third kappa shape index (κ3) is 2.68. The molecule has 0 spiro atoms. The Hall–Kier alpha value is 0.0200. The average Bonchev–Trinajstić information content (AvgIpc) is 1.65. The fourth-order valence-corrected chi connectivity index (χ4v) is 0.357. The molecule has 0 saturated heterocycles. The van der Waals surface area contributed by atoms with Gasteiger partial charge < -0.3 is 0 Å². The lowest BCUT2D eigenvalue weighted by molar-refractivity contribution is -0.113. The molecule has 0 N–H and O–H groups in total. The van der Waals surface area contributed by atoms with Gasteiger partial charge in [0.15, 0.2) is 5.12 Å². The molecule has 42 valence electrons. The topological polar surface area (TPSA) is 17.1 Å². The molecular formula is C5H10OS. The zero-order valence-electron chi connectivity index (χ0n) is 4.64. The minimum Gasteiger partial charge on any atom is -0.287 e. The summed E-state index contributed by atoms with van der Waals surface area (Å²) in [7, 11) is 0. The molecule has 0 rings (SSSR count). The van der Waals surface area contributed by atoms with Gasteiger partial charge in [0.05, 0.1) is 0 Å². The van der Waals surface area contributed by atoms with Gasteiger partial charge >= 0.3 is 0 Å². The Balaban J connectivity index is 3.34. The van der Waals surface area contributed by atoms with E-state index in [2.05, 4.69) is 12.6 Å². The summed E-state index contributed by atoms with van der Waals surface area (Å²) in [6.45, 7) is 3.84. The van der Waals surface area contributed by atoms with E-state index < -0.39 is 0 Å². The molecule has 1 nitrogen and oxygen atoms in total. The van der Waals surface area contributed by atoms with E-state index in [4.69, 9.17) is 0 Å². The first-order valence-corrected chi connectivity index (χ1v) is 2.86. The Morgan fingerprint density at radius 2 is 2.29 bits per heavy atom. The molecule has 0 aliphatic rings. The van der Waals surface area contributed by atoms with Crippen LogP contribution in [0.4, 0.5) is 0 Å². The van der Waals surface area contributed by atoms with E-state index in [1.165, 1.54) is 0 Å². The third-order valence-corrected chi connectivity index (χ3v) is 1.47. The SMILES string of the molecule is CC[C@H](C)C(=O)S. The van der Waals surface area contributed by atoms with Crippen molar-refractivity contribution in [2.45, 2.75) is 20.3 Å². The van der Waals surface area contributed by atoms with Crippen molar-refractivity contribution in [3.05, 3.63) is 0 Å². The zero-order chi connectivity index (χ0) is 5.86. The van der Waals surface area contributed by atoms with E-state index in [0.29, 0.717) is 0 Å². The van der Waals surface area contributed by atoms with Gasteiger partial charge in [0.2, 0.25) is 0 Å². The van der Waals surface area contributed by atoms with Gasteiger partial charge in [-0.15, -0.1) is 12.6 Å². The standard InChI is InChI=1S/C5H10OS/c1-3-4(2)5(6)7/h4H,3H2,1-2H3,(H,6,7)/t4-/m0/s1. The Morgan fingerprint density at radius 1 is 1.86 bits per heavy atom. The summed E-state index contributed by atoms with van der Waals surface area (Å²) in [5, 5.41) is -0.0116. The lowest BCUT2D eigenvalue weighted by Crippen LogP contribution is -2.00. The molecule has 0 saturated carbocycles. The van der Waals surface area contributed by atoms with E-state index >= 15 is 0 Å². The molecule has 0 radical (unpaired) electrons. The normalized spacial score (nSPS) is 13.6. The molecule has 0 aliphatic carbocycles. The molecule has 7 heavy (non-hydrogen) atoms. The molecule has 0 bridgehead atoms. The first kappa shape index (κ1) is 7.02. The van der Waals surface area contributed by atoms with Crippen LogP contribution in [0.15, 0.2) is 0 Å². The highest BCUT2D eigenvalue weighted by atomic mass is 32.1. The smallest absolute Gasteiger partial charge is 0.188 e. The van der Waals surface area contributed by atoms with Crippen LogP contribution in [0.25, 0.3) is 0 Å². The molecule has 0 aromatic rings. The quantitative estimate of drug-likeness (QED) is 0.543. The lowest BCUT2D eigenvalue weighted by atomic mass is 10.1. The Bertz CT molecular complexity index is 70.5. The average molecular weight is 118 g/mol. The molecule has 0 aromatic heterocycles. The summed E-state index contributed by atoms with van der Waals surface area (Å²) in [5.41, 5.74) is 0. The summed E-state index contributed by atoms with van der Waals surface area (Å²) in [5.74, 6) is 0.128. The summed E-state index contributed by atoms with van der Waals surface area (Å²) in [6, 6.07) is 0. The van der Waals surface area contributed by atoms with Gasteiger partial charge in [-0.05, 0) is 6.42 Å². The molecule has 0 amide bonds. The van der Waals surface area contributed by atoms with E-state index in [9.17, 15) is 4.79 Å². The number of carbonyl (C=O) groups excluding carboxylic acids is 1.